The van der Waals surface area contributed by atoms with Gasteiger partial charge >= 0.3 is 0 Å². The smallest absolute Gasteiger partial charge is 0.266 e. The normalized spacial score (nSPS) is 12.8. The van der Waals surface area contributed by atoms with Gasteiger partial charge in [-0.05, 0) is 61.2 Å². The van der Waals surface area contributed by atoms with Crippen LogP contribution < -0.4 is 9.88 Å². The van der Waals surface area contributed by atoms with Gasteiger partial charge < -0.3 is 5.32 Å². The van der Waals surface area contributed by atoms with Crippen molar-refractivity contribution in [2.24, 2.45) is 0 Å². The van der Waals surface area contributed by atoms with Gasteiger partial charge in [-0.3, -0.25) is 4.79 Å². The average Bonchev–Trinajstić information content (AvgIpc) is 3.32. The second kappa shape index (κ2) is 8.60. The average molecular weight is 392 g/mol. The third kappa shape index (κ3) is 4.39. The molecule has 29 heavy (non-hydrogen) atoms. The Bertz CT molecular complexity index is 990. The molecule has 0 unspecified atom stereocenters. The number of fused-ring (bicyclic) bond motifs is 1. The Hall–Kier alpha value is -2.95. The Morgan fingerprint density at radius 1 is 1.14 bits per heavy atom. The maximum absolute atomic E-state index is 13.3. The molecule has 1 aliphatic heterocycles. The quantitative estimate of drug-likeness (QED) is 0.590. The van der Waals surface area contributed by atoms with Crippen LogP contribution in [0.4, 0.5) is 10.1 Å². The van der Waals surface area contributed by atoms with Crippen LogP contribution in [-0.2, 0) is 30.7 Å². The Kier molecular flexibility index (Phi) is 5.74. The number of rotatable bonds is 7. The molecule has 150 valence electrons. The van der Waals surface area contributed by atoms with E-state index in [0.717, 1.165) is 48.6 Å². The minimum absolute atomic E-state index is 0.0396. The number of aromatic nitrogens is 2. The molecule has 0 atom stereocenters. The highest BCUT2D eigenvalue weighted by atomic mass is 19.1. The molecule has 1 N–H and O–H groups in total. The Morgan fingerprint density at radius 3 is 2.62 bits per heavy atom. The van der Waals surface area contributed by atoms with Crippen molar-refractivity contribution in [3.63, 3.8) is 0 Å². The molecule has 2 heterocycles. The SMILES string of the molecule is CCCCc1ccc(NC(=O)C[n+]2cc(-c3ccc(F)cc3)n3c2CCC3)cc1. The molecule has 0 saturated carbocycles. The molecule has 0 bridgehead atoms. The molecule has 1 amide bonds. The van der Waals surface area contributed by atoms with Gasteiger partial charge in [0, 0.05) is 11.3 Å². The first-order valence-corrected chi connectivity index (χ1v) is 10.4. The fourth-order valence-electron chi connectivity index (χ4n) is 3.99. The van der Waals surface area contributed by atoms with Crippen LogP contribution in [-0.4, -0.2) is 10.5 Å². The number of unbranched alkanes of at least 4 members (excludes halogenated alkanes) is 1. The fourth-order valence-corrected chi connectivity index (χ4v) is 3.99. The van der Waals surface area contributed by atoms with Crippen molar-refractivity contribution in [2.75, 3.05) is 5.32 Å². The third-order valence-electron chi connectivity index (χ3n) is 5.50. The summed E-state index contributed by atoms with van der Waals surface area (Å²) in [6, 6.07) is 14.7. The summed E-state index contributed by atoms with van der Waals surface area (Å²) < 4.78 is 17.5. The van der Waals surface area contributed by atoms with Gasteiger partial charge in [0.05, 0.1) is 13.0 Å². The number of carbonyl (C=O) groups is 1. The van der Waals surface area contributed by atoms with Crippen LogP contribution in [0.5, 0.6) is 0 Å². The highest BCUT2D eigenvalue weighted by Gasteiger charge is 2.29. The van der Waals surface area contributed by atoms with Gasteiger partial charge in [0.2, 0.25) is 0 Å². The van der Waals surface area contributed by atoms with Crippen LogP contribution in [0.15, 0.2) is 54.7 Å². The number of nitrogens with zero attached hydrogens (tertiary/aromatic N) is 2. The number of amides is 1. The van der Waals surface area contributed by atoms with Gasteiger partial charge in [0.1, 0.15) is 12.0 Å². The predicted octanol–water partition coefficient (Wildman–Crippen LogP) is 4.51. The minimum atomic E-state index is -0.241. The van der Waals surface area contributed by atoms with Crippen molar-refractivity contribution < 1.29 is 13.8 Å². The van der Waals surface area contributed by atoms with E-state index in [-0.39, 0.29) is 18.3 Å². The number of hydrogen-bond acceptors (Lipinski definition) is 1. The van der Waals surface area contributed by atoms with Crippen molar-refractivity contribution in [3.05, 3.63) is 71.9 Å². The zero-order valence-corrected chi connectivity index (χ0v) is 16.8. The van der Waals surface area contributed by atoms with E-state index in [1.807, 2.05) is 22.9 Å². The Balaban J connectivity index is 1.47. The molecular formula is C24H27FN3O+. The summed E-state index contributed by atoms with van der Waals surface area (Å²) in [5.74, 6) is 0.867. The van der Waals surface area contributed by atoms with Crippen molar-refractivity contribution in [1.82, 2.24) is 4.57 Å². The molecule has 3 aromatic rings. The van der Waals surface area contributed by atoms with Gasteiger partial charge in [-0.1, -0.05) is 25.5 Å². The van der Waals surface area contributed by atoms with Crippen LogP contribution >= 0.6 is 0 Å². The molecule has 0 aliphatic carbocycles. The highest BCUT2D eigenvalue weighted by Crippen LogP contribution is 2.25. The van der Waals surface area contributed by atoms with E-state index in [4.69, 9.17) is 0 Å². The molecule has 0 radical (unpaired) electrons. The summed E-state index contributed by atoms with van der Waals surface area (Å²) in [6.07, 6.45) is 7.45. The number of carbonyl (C=O) groups excluding carboxylic acids is 1. The summed E-state index contributed by atoms with van der Waals surface area (Å²) in [7, 11) is 0. The number of anilines is 1. The predicted molar refractivity (Wildman–Crippen MR) is 112 cm³/mol. The molecule has 0 spiro atoms. The number of halogens is 1. The van der Waals surface area contributed by atoms with Crippen LogP contribution in [0.1, 0.15) is 37.6 Å². The number of aryl methyl sites for hydroxylation is 1. The number of imidazole rings is 1. The summed E-state index contributed by atoms with van der Waals surface area (Å²) in [5, 5.41) is 3.00. The van der Waals surface area contributed by atoms with Gasteiger partial charge in [-0.25, -0.2) is 13.5 Å². The minimum Gasteiger partial charge on any atom is -0.323 e. The van der Waals surface area contributed by atoms with E-state index >= 15 is 0 Å². The zero-order chi connectivity index (χ0) is 20.2. The molecule has 4 rings (SSSR count). The first-order valence-electron chi connectivity index (χ1n) is 10.4. The molecule has 1 aliphatic rings. The van der Waals surface area contributed by atoms with E-state index < -0.39 is 0 Å². The summed E-state index contributed by atoms with van der Waals surface area (Å²) >= 11 is 0. The van der Waals surface area contributed by atoms with E-state index in [0.29, 0.717) is 0 Å². The van der Waals surface area contributed by atoms with Crippen LogP contribution in [0.2, 0.25) is 0 Å². The summed E-state index contributed by atoms with van der Waals surface area (Å²) in [4.78, 5) is 12.6. The molecule has 0 fully saturated rings. The van der Waals surface area contributed by atoms with E-state index in [1.54, 1.807) is 12.1 Å². The topological polar surface area (TPSA) is 37.9 Å². The van der Waals surface area contributed by atoms with Crippen molar-refractivity contribution in [1.29, 1.82) is 0 Å². The van der Waals surface area contributed by atoms with Gasteiger partial charge in [-0.2, -0.15) is 0 Å². The zero-order valence-electron chi connectivity index (χ0n) is 16.8. The Labute approximate surface area is 171 Å². The second-order valence-electron chi connectivity index (χ2n) is 7.67. The number of nitrogens with one attached hydrogen (secondary N) is 1. The van der Waals surface area contributed by atoms with Crippen molar-refractivity contribution in [2.45, 2.75) is 52.1 Å². The molecule has 1 aromatic heterocycles. The molecular weight excluding hydrogens is 365 g/mol. The monoisotopic (exact) mass is 392 g/mol. The van der Waals surface area contributed by atoms with E-state index in [2.05, 4.69) is 28.9 Å². The van der Waals surface area contributed by atoms with Crippen LogP contribution in [0.3, 0.4) is 0 Å². The lowest BCUT2D eigenvalue weighted by Gasteiger charge is -2.06. The molecule has 0 saturated heterocycles. The Morgan fingerprint density at radius 2 is 1.90 bits per heavy atom. The summed E-state index contributed by atoms with van der Waals surface area (Å²) in [5.41, 5.74) is 4.13. The van der Waals surface area contributed by atoms with Crippen molar-refractivity contribution in [3.8, 4) is 11.3 Å². The largest absolute Gasteiger partial charge is 0.323 e. The summed E-state index contributed by atoms with van der Waals surface area (Å²) in [6.45, 7) is 3.39. The van der Waals surface area contributed by atoms with Gasteiger partial charge in [0.25, 0.3) is 11.7 Å². The van der Waals surface area contributed by atoms with E-state index in [1.165, 1.54) is 30.5 Å². The fraction of sp³-hybridized carbons (Fsp3) is 0.333. The highest BCUT2D eigenvalue weighted by molar-refractivity contribution is 5.89. The lowest BCUT2D eigenvalue weighted by Crippen LogP contribution is -2.42. The standard InChI is InChI=1S/C24H26FN3O/c1-2-3-5-18-7-13-21(14-8-18)26-23(29)17-27-16-22(28-15-4-6-24(27)28)19-9-11-20(25)12-10-19/h7-14,16H,2-6,15,17H2,1H3/p+1. The first-order chi connectivity index (χ1) is 14.1. The lowest BCUT2D eigenvalue weighted by atomic mass is 10.1. The van der Waals surface area contributed by atoms with Gasteiger partial charge in [-0.15, -0.1) is 0 Å². The molecule has 4 nitrogen and oxygen atoms in total. The van der Waals surface area contributed by atoms with Crippen molar-refractivity contribution >= 4 is 11.6 Å². The van der Waals surface area contributed by atoms with E-state index in [9.17, 15) is 9.18 Å². The lowest BCUT2D eigenvalue weighted by molar-refractivity contribution is -0.690. The molecule has 2 aromatic carbocycles. The third-order valence-corrected chi connectivity index (χ3v) is 5.50. The maximum Gasteiger partial charge on any atom is 0.266 e. The van der Waals surface area contributed by atoms with Crippen LogP contribution in [0, 0.1) is 5.82 Å². The second-order valence-corrected chi connectivity index (χ2v) is 7.67. The maximum atomic E-state index is 13.3. The van der Waals surface area contributed by atoms with Crippen LogP contribution in [0.25, 0.3) is 11.3 Å². The number of benzene rings is 2. The first kappa shape index (κ1) is 19.4. The van der Waals surface area contributed by atoms with Gasteiger partial charge in [0.15, 0.2) is 12.2 Å². The number of hydrogen-bond donors (Lipinski definition) is 1. The molecule has 5 heteroatoms.